The Morgan fingerprint density at radius 3 is 2.52 bits per heavy atom. The summed E-state index contributed by atoms with van der Waals surface area (Å²) in [6.07, 6.45) is 8.92. The molecule has 0 atom stereocenters. The third-order valence-electron chi connectivity index (χ3n) is 4.85. The summed E-state index contributed by atoms with van der Waals surface area (Å²) in [5, 5.41) is 3.25. The van der Waals surface area contributed by atoms with Gasteiger partial charge in [-0.2, -0.15) is 0 Å². The second-order valence-corrected chi connectivity index (χ2v) is 6.75. The molecule has 7 nitrogen and oxygen atoms in total. The number of nitrogens with zero attached hydrogens (tertiary/aromatic N) is 3. The zero-order valence-electron chi connectivity index (χ0n) is 18.9. The van der Waals surface area contributed by atoms with E-state index in [4.69, 9.17) is 9.47 Å². The van der Waals surface area contributed by atoms with Crippen LogP contribution in [0.2, 0.25) is 0 Å². The Labute approximate surface area is 184 Å². The van der Waals surface area contributed by atoms with Crippen molar-refractivity contribution in [1.82, 2.24) is 14.9 Å². The van der Waals surface area contributed by atoms with Gasteiger partial charge in [-0.1, -0.05) is 37.8 Å². The fourth-order valence-corrected chi connectivity index (χ4v) is 3.20. The molecule has 0 bridgehead atoms. The SMILES string of the molecule is C=C/C=C\c1cnc(NCCCN(CC)C(=O)c2c(OC)cccc2OC)nc1CC. The van der Waals surface area contributed by atoms with Gasteiger partial charge in [-0.15, -0.1) is 0 Å². The maximum absolute atomic E-state index is 13.1. The molecule has 0 saturated heterocycles. The van der Waals surface area contributed by atoms with E-state index in [0.717, 1.165) is 24.1 Å². The van der Waals surface area contributed by atoms with Gasteiger partial charge in [0.15, 0.2) is 0 Å². The van der Waals surface area contributed by atoms with Crippen LogP contribution in [0.1, 0.15) is 41.9 Å². The first-order chi connectivity index (χ1) is 15.1. The minimum absolute atomic E-state index is 0.111. The Morgan fingerprint density at radius 2 is 1.94 bits per heavy atom. The molecular formula is C24H32N4O3. The molecule has 31 heavy (non-hydrogen) atoms. The van der Waals surface area contributed by atoms with E-state index in [1.54, 1.807) is 43.4 Å². The maximum atomic E-state index is 13.1. The number of benzene rings is 1. The van der Waals surface area contributed by atoms with Gasteiger partial charge in [-0.05, 0) is 31.9 Å². The number of nitrogens with one attached hydrogen (secondary N) is 1. The van der Waals surface area contributed by atoms with Crippen molar-refractivity contribution < 1.29 is 14.3 Å². The molecule has 166 valence electrons. The molecule has 0 aliphatic rings. The number of methoxy groups -OCH3 is 2. The van der Waals surface area contributed by atoms with Crippen LogP contribution in [0.3, 0.4) is 0 Å². The first-order valence-electron chi connectivity index (χ1n) is 10.5. The minimum Gasteiger partial charge on any atom is -0.496 e. The minimum atomic E-state index is -0.111. The number of allylic oxidation sites excluding steroid dienone is 2. The molecule has 7 heteroatoms. The molecule has 1 amide bonds. The summed E-state index contributed by atoms with van der Waals surface area (Å²) in [4.78, 5) is 23.9. The van der Waals surface area contributed by atoms with Gasteiger partial charge >= 0.3 is 0 Å². The highest BCUT2D eigenvalue weighted by Gasteiger charge is 2.22. The standard InChI is InChI=1S/C24H32N4O3/c1-6-9-12-18-17-26-24(27-19(18)7-2)25-15-11-16-28(8-3)23(29)22-20(30-4)13-10-14-21(22)31-5/h6,9-10,12-14,17H,1,7-8,11,15-16H2,2-5H3,(H,25,26,27)/b12-9-. The molecule has 1 aromatic carbocycles. The summed E-state index contributed by atoms with van der Waals surface area (Å²) in [5.74, 6) is 1.49. The van der Waals surface area contributed by atoms with Gasteiger partial charge < -0.3 is 19.7 Å². The van der Waals surface area contributed by atoms with Crippen LogP contribution in [0.4, 0.5) is 5.95 Å². The molecule has 1 aromatic heterocycles. The van der Waals surface area contributed by atoms with Crippen LogP contribution in [-0.2, 0) is 6.42 Å². The average molecular weight is 425 g/mol. The van der Waals surface area contributed by atoms with Gasteiger partial charge in [0.05, 0.1) is 19.9 Å². The molecule has 0 aliphatic carbocycles. The van der Waals surface area contributed by atoms with Crippen LogP contribution in [0, 0.1) is 0 Å². The lowest BCUT2D eigenvalue weighted by molar-refractivity contribution is 0.0757. The van der Waals surface area contributed by atoms with Crippen molar-refractivity contribution in [2.45, 2.75) is 26.7 Å². The van der Waals surface area contributed by atoms with E-state index in [1.165, 1.54) is 0 Å². The van der Waals surface area contributed by atoms with E-state index in [2.05, 4.69) is 28.8 Å². The number of carbonyl (C=O) groups excluding carboxylic acids is 1. The lowest BCUT2D eigenvalue weighted by Crippen LogP contribution is -2.33. The van der Waals surface area contributed by atoms with E-state index in [1.807, 2.05) is 25.3 Å². The predicted molar refractivity (Wildman–Crippen MR) is 125 cm³/mol. The molecule has 0 saturated carbocycles. The summed E-state index contributed by atoms with van der Waals surface area (Å²) in [5.41, 5.74) is 2.41. The molecule has 2 rings (SSSR count). The topological polar surface area (TPSA) is 76.6 Å². The number of ether oxygens (including phenoxy) is 2. The molecule has 0 radical (unpaired) electrons. The monoisotopic (exact) mass is 424 g/mol. The van der Waals surface area contributed by atoms with Crippen LogP contribution >= 0.6 is 0 Å². The highest BCUT2D eigenvalue weighted by atomic mass is 16.5. The van der Waals surface area contributed by atoms with Crippen LogP contribution in [0.25, 0.3) is 6.08 Å². The molecule has 1 N–H and O–H groups in total. The van der Waals surface area contributed by atoms with Crippen molar-refractivity contribution in [3.05, 3.63) is 59.9 Å². The van der Waals surface area contributed by atoms with E-state index < -0.39 is 0 Å². The largest absolute Gasteiger partial charge is 0.496 e. The second kappa shape index (κ2) is 12.4. The maximum Gasteiger partial charge on any atom is 0.261 e. The smallest absolute Gasteiger partial charge is 0.261 e. The number of hydrogen-bond donors (Lipinski definition) is 1. The molecule has 0 aliphatic heterocycles. The van der Waals surface area contributed by atoms with Gasteiger partial charge in [0, 0.05) is 31.4 Å². The van der Waals surface area contributed by atoms with Crippen molar-refractivity contribution in [2.24, 2.45) is 0 Å². The number of hydrogen-bond acceptors (Lipinski definition) is 6. The third-order valence-corrected chi connectivity index (χ3v) is 4.85. The molecular weight excluding hydrogens is 392 g/mol. The average Bonchev–Trinajstić information content (AvgIpc) is 2.81. The normalized spacial score (nSPS) is 10.7. The van der Waals surface area contributed by atoms with Gasteiger partial charge in [0.1, 0.15) is 17.1 Å². The van der Waals surface area contributed by atoms with Crippen molar-refractivity contribution in [1.29, 1.82) is 0 Å². The molecule has 0 unspecified atom stereocenters. The van der Waals surface area contributed by atoms with Crippen LogP contribution in [0.5, 0.6) is 11.5 Å². The number of carbonyl (C=O) groups is 1. The van der Waals surface area contributed by atoms with Crippen molar-refractivity contribution >= 4 is 17.9 Å². The number of aromatic nitrogens is 2. The number of amides is 1. The summed E-state index contributed by atoms with van der Waals surface area (Å²) in [6, 6.07) is 5.33. The molecule has 0 spiro atoms. The van der Waals surface area contributed by atoms with E-state index in [-0.39, 0.29) is 5.91 Å². The third kappa shape index (κ3) is 6.31. The van der Waals surface area contributed by atoms with Crippen molar-refractivity contribution in [2.75, 3.05) is 39.2 Å². The summed E-state index contributed by atoms with van der Waals surface area (Å²) in [7, 11) is 3.10. The Balaban J connectivity index is 1.99. The van der Waals surface area contributed by atoms with Crippen LogP contribution < -0.4 is 14.8 Å². The van der Waals surface area contributed by atoms with Crippen molar-refractivity contribution in [3.8, 4) is 11.5 Å². The Bertz CT molecular complexity index is 889. The van der Waals surface area contributed by atoms with E-state index >= 15 is 0 Å². The first kappa shape index (κ1) is 23.9. The lowest BCUT2D eigenvalue weighted by Gasteiger charge is -2.23. The number of rotatable bonds is 12. The quantitative estimate of drug-likeness (QED) is 0.406. The molecule has 1 heterocycles. The van der Waals surface area contributed by atoms with Gasteiger partial charge in [0.25, 0.3) is 5.91 Å². The van der Waals surface area contributed by atoms with Gasteiger partial charge in [-0.25, -0.2) is 9.97 Å². The zero-order valence-corrected chi connectivity index (χ0v) is 18.9. The molecule has 0 fully saturated rings. The summed E-state index contributed by atoms with van der Waals surface area (Å²) >= 11 is 0. The van der Waals surface area contributed by atoms with E-state index in [0.29, 0.717) is 42.6 Å². The fraction of sp³-hybridized carbons (Fsp3) is 0.375. The molecule has 2 aromatic rings. The highest BCUT2D eigenvalue weighted by molar-refractivity contribution is 5.99. The van der Waals surface area contributed by atoms with Gasteiger partial charge in [0.2, 0.25) is 5.95 Å². The number of aryl methyl sites for hydroxylation is 1. The Kier molecular flexibility index (Phi) is 9.55. The Morgan fingerprint density at radius 1 is 1.23 bits per heavy atom. The van der Waals surface area contributed by atoms with Crippen LogP contribution in [-0.4, -0.2) is 54.6 Å². The van der Waals surface area contributed by atoms with Crippen molar-refractivity contribution in [3.63, 3.8) is 0 Å². The first-order valence-corrected chi connectivity index (χ1v) is 10.5. The lowest BCUT2D eigenvalue weighted by atomic mass is 10.1. The fourth-order valence-electron chi connectivity index (χ4n) is 3.20. The van der Waals surface area contributed by atoms with Crippen LogP contribution in [0.15, 0.2) is 43.1 Å². The Hall–Kier alpha value is -3.35. The summed E-state index contributed by atoms with van der Waals surface area (Å²) in [6.45, 7) is 9.53. The summed E-state index contributed by atoms with van der Waals surface area (Å²) < 4.78 is 10.8. The van der Waals surface area contributed by atoms with Gasteiger partial charge in [-0.3, -0.25) is 4.79 Å². The second-order valence-electron chi connectivity index (χ2n) is 6.75. The zero-order chi connectivity index (χ0) is 22.6. The predicted octanol–water partition coefficient (Wildman–Crippen LogP) is 4.22. The van der Waals surface area contributed by atoms with E-state index in [9.17, 15) is 4.79 Å². The highest BCUT2D eigenvalue weighted by Crippen LogP contribution is 2.29. The number of anilines is 1.